The maximum absolute atomic E-state index is 12.8. The van der Waals surface area contributed by atoms with Crippen LogP contribution in [0.3, 0.4) is 0 Å². The van der Waals surface area contributed by atoms with E-state index < -0.39 is 6.10 Å². The average molecular weight is 929 g/mol. The lowest BCUT2D eigenvalue weighted by Gasteiger charge is -2.18. The van der Waals surface area contributed by atoms with Gasteiger partial charge in [-0.05, 0) is 122 Å². The summed E-state index contributed by atoms with van der Waals surface area (Å²) in [5.74, 6) is -1.08. The van der Waals surface area contributed by atoms with Crippen LogP contribution in [-0.2, 0) is 28.6 Å². The molecule has 0 saturated carbocycles. The summed E-state index contributed by atoms with van der Waals surface area (Å²) in [6.07, 6.45) is 73.7. The lowest BCUT2D eigenvalue weighted by molar-refractivity contribution is -0.167. The zero-order valence-electron chi connectivity index (χ0n) is 43.4. The Hall–Kier alpha value is -3.93. The van der Waals surface area contributed by atoms with Gasteiger partial charge in [-0.3, -0.25) is 14.4 Å². The molecule has 0 bridgehead atoms. The molecule has 0 unspecified atom stereocenters. The highest BCUT2D eigenvalue weighted by molar-refractivity contribution is 5.71. The molecule has 380 valence electrons. The molecule has 0 aromatic rings. The third-order valence-electron chi connectivity index (χ3n) is 11.2. The maximum atomic E-state index is 12.8. The van der Waals surface area contributed by atoms with Gasteiger partial charge >= 0.3 is 17.9 Å². The first-order valence-corrected chi connectivity index (χ1v) is 27.4. The lowest BCUT2D eigenvalue weighted by atomic mass is 10.1. The maximum Gasteiger partial charge on any atom is 0.306 e. The van der Waals surface area contributed by atoms with E-state index in [-0.39, 0.29) is 50.4 Å². The van der Waals surface area contributed by atoms with Crippen LogP contribution in [0.5, 0.6) is 0 Å². The molecule has 0 spiro atoms. The fraction of sp³-hybridized carbons (Fsp3) is 0.656. The molecule has 0 aromatic carbocycles. The zero-order chi connectivity index (χ0) is 48.6. The second-order valence-corrected chi connectivity index (χ2v) is 17.8. The molecule has 0 radical (unpaired) electrons. The molecule has 0 saturated heterocycles. The number of carbonyl (C=O) groups is 3. The summed E-state index contributed by atoms with van der Waals surface area (Å²) in [7, 11) is 0. The first-order chi connectivity index (χ1) is 33.0. The Morgan fingerprint density at radius 1 is 0.299 bits per heavy atom. The van der Waals surface area contributed by atoms with Gasteiger partial charge in [0, 0.05) is 19.3 Å². The first-order valence-electron chi connectivity index (χ1n) is 27.4. The summed E-state index contributed by atoms with van der Waals surface area (Å²) in [6, 6.07) is 0. The van der Waals surface area contributed by atoms with Gasteiger partial charge < -0.3 is 14.2 Å². The summed E-state index contributed by atoms with van der Waals surface area (Å²) in [6.45, 7) is 6.47. The van der Waals surface area contributed by atoms with Crippen LogP contribution in [0.1, 0.15) is 239 Å². The van der Waals surface area contributed by atoms with Crippen molar-refractivity contribution < 1.29 is 28.6 Å². The summed E-state index contributed by atoms with van der Waals surface area (Å²) >= 11 is 0. The second kappa shape index (κ2) is 54.7. The quantitative estimate of drug-likeness (QED) is 0.0262. The van der Waals surface area contributed by atoms with E-state index in [4.69, 9.17) is 14.2 Å². The van der Waals surface area contributed by atoms with Crippen molar-refractivity contribution in [2.24, 2.45) is 0 Å². The molecule has 0 N–H and O–H groups in total. The highest BCUT2D eigenvalue weighted by Crippen LogP contribution is 2.11. The Bertz CT molecular complexity index is 1390. The Labute approximate surface area is 412 Å². The molecule has 0 amide bonds. The molecular weight excluding hydrogens is 829 g/mol. The predicted molar refractivity (Wildman–Crippen MR) is 288 cm³/mol. The van der Waals surface area contributed by atoms with Gasteiger partial charge in [-0.15, -0.1) is 0 Å². The molecule has 0 aliphatic heterocycles. The van der Waals surface area contributed by atoms with E-state index in [9.17, 15) is 14.4 Å². The van der Waals surface area contributed by atoms with Gasteiger partial charge in [-0.2, -0.15) is 0 Å². The van der Waals surface area contributed by atoms with Gasteiger partial charge in [0.2, 0.25) is 0 Å². The highest BCUT2D eigenvalue weighted by Gasteiger charge is 2.19. The minimum absolute atomic E-state index is 0.135. The third-order valence-corrected chi connectivity index (χ3v) is 11.2. The normalized spacial score (nSPS) is 12.9. The van der Waals surface area contributed by atoms with E-state index in [1.54, 1.807) is 0 Å². The number of allylic oxidation sites excluding steroid dienone is 18. The van der Waals surface area contributed by atoms with Gasteiger partial charge in [-0.25, -0.2) is 0 Å². The minimum atomic E-state index is -0.842. The largest absolute Gasteiger partial charge is 0.462 e. The molecule has 0 aliphatic carbocycles. The van der Waals surface area contributed by atoms with Crippen molar-refractivity contribution in [1.82, 2.24) is 0 Å². The van der Waals surface area contributed by atoms with Crippen molar-refractivity contribution in [3.05, 3.63) is 109 Å². The molecule has 1 atom stereocenters. The van der Waals surface area contributed by atoms with Crippen molar-refractivity contribution in [2.75, 3.05) is 13.2 Å². The Morgan fingerprint density at radius 2 is 0.552 bits per heavy atom. The smallest absolute Gasteiger partial charge is 0.306 e. The molecule has 0 heterocycles. The Balaban J connectivity index is 4.61. The van der Waals surface area contributed by atoms with Crippen LogP contribution in [0.2, 0.25) is 0 Å². The number of ether oxygens (including phenoxy) is 3. The second-order valence-electron chi connectivity index (χ2n) is 17.8. The average Bonchev–Trinajstić information content (AvgIpc) is 3.33. The molecule has 67 heavy (non-hydrogen) atoms. The SMILES string of the molecule is CCCCC/C=C\C/C=C\C/C=C\CCCCC(=O)OC[C@H](COC(=O)CCC/C=C\C/C=C\C/C=C\CCCCCCCC)OC(=O)CCC/C=C\C/C=C\C/C=C\CCCCCCCC. The standard InChI is InChI=1S/C61H100O6/c1-4-7-10-13-16-19-22-25-28-30-33-36-39-42-45-48-51-54-60(63)66-57-58(56-65-59(62)53-50-47-44-41-38-35-32-27-24-21-18-15-12-9-6-3)67-61(64)55-52-49-46-43-40-37-34-31-29-26-23-20-17-14-11-8-5-2/h18,21,25-29,32-34,36-38,41-43,45-46,58H,4-17,19-20,22-24,30-31,35,39-40,44,47-57H2,1-3H3/b21-18-,28-25-,29-26-,32-27-,36-33-,37-34-,41-38-,45-42-,46-43-/t58-/m1/s1. The summed E-state index contributed by atoms with van der Waals surface area (Å²) in [5.41, 5.74) is 0. The van der Waals surface area contributed by atoms with Crippen molar-refractivity contribution in [1.29, 1.82) is 0 Å². The zero-order valence-corrected chi connectivity index (χ0v) is 43.4. The van der Waals surface area contributed by atoms with Gasteiger partial charge in [0.1, 0.15) is 13.2 Å². The van der Waals surface area contributed by atoms with Crippen LogP contribution < -0.4 is 0 Å². The van der Waals surface area contributed by atoms with E-state index >= 15 is 0 Å². The Morgan fingerprint density at radius 3 is 0.925 bits per heavy atom. The molecular formula is C61H100O6. The first kappa shape index (κ1) is 63.1. The molecule has 0 fully saturated rings. The summed E-state index contributed by atoms with van der Waals surface area (Å²) in [5, 5.41) is 0. The van der Waals surface area contributed by atoms with E-state index in [0.717, 1.165) is 64.2 Å². The Kier molecular flexibility index (Phi) is 51.5. The number of unbranched alkanes of at least 4 members (excludes halogenated alkanes) is 19. The number of hydrogen-bond acceptors (Lipinski definition) is 6. The molecule has 0 aromatic heterocycles. The number of esters is 3. The predicted octanol–water partition coefficient (Wildman–Crippen LogP) is 18.3. The van der Waals surface area contributed by atoms with E-state index in [1.807, 2.05) is 0 Å². The van der Waals surface area contributed by atoms with Crippen molar-refractivity contribution in [3.63, 3.8) is 0 Å². The monoisotopic (exact) mass is 929 g/mol. The van der Waals surface area contributed by atoms with E-state index in [1.165, 1.54) is 116 Å². The molecule has 0 aliphatic rings. The van der Waals surface area contributed by atoms with Crippen LogP contribution in [0.4, 0.5) is 0 Å². The lowest BCUT2D eigenvalue weighted by Crippen LogP contribution is -2.30. The summed E-state index contributed by atoms with van der Waals surface area (Å²) in [4.78, 5) is 38.0. The molecule has 6 nitrogen and oxygen atoms in total. The van der Waals surface area contributed by atoms with Crippen molar-refractivity contribution in [2.45, 2.75) is 245 Å². The van der Waals surface area contributed by atoms with Crippen molar-refractivity contribution in [3.8, 4) is 0 Å². The number of hydrogen-bond donors (Lipinski definition) is 0. The van der Waals surface area contributed by atoms with E-state index in [2.05, 4.69) is 130 Å². The van der Waals surface area contributed by atoms with E-state index in [0.29, 0.717) is 19.3 Å². The van der Waals surface area contributed by atoms with Gasteiger partial charge in [0.25, 0.3) is 0 Å². The van der Waals surface area contributed by atoms with Crippen LogP contribution in [-0.4, -0.2) is 37.2 Å². The molecule has 6 heteroatoms. The number of rotatable bonds is 48. The van der Waals surface area contributed by atoms with Crippen LogP contribution >= 0.6 is 0 Å². The molecule has 0 rings (SSSR count). The van der Waals surface area contributed by atoms with Crippen molar-refractivity contribution >= 4 is 17.9 Å². The fourth-order valence-corrected chi connectivity index (χ4v) is 7.07. The summed E-state index contributed by atoms with van der Waals surface area (Å²) < 4.78 is 16.7. The fourth-order valence-electron chi connectivity index (χ4n) is 7.07. The number of carbonyl (C=O) groups excluding carboxylic acids is 3. The van der Waals surface area contributed by atoms with Gasteiger partial charge in [0.05, 0.1) is 0 Å². The minimum Gasteiger partial charge on any atom is -0.462 e. The highest BCUT2D eigenvalue weighted by atomic mass is 16.6. The van der Waals surface area contributed by atoms with Gasteiger partial charge in [-0.1, -0.05) is 207 Å². The van der Waals surface area contributed by atoms with Crippen LogP contribution in [0.25, 0.3) is 0 Å². The van der Waals surface area contributed by atoms with Crippen LogP contribution in [0, 0.1) is 0 Å². The van der Waals surface area contributed by atoms with Crippen LogP contribution in [0.15, 0.2) is 109 Å². The van der Waals surface area contributed by atoms with Gasteiger partial charge in [0.15, 0.2) is 6.10 Å². The third kappa shape index (κ3) is 52.9. The topological polar surface area (TPSA) is 78.9 Å².